The molecule has 0 spiro atoms. The smallest absolute Gasteiger partial charge is 0.408 e. The number of hydrogen-bond donors (Lipinski definition) is 0. The molecule has 6 heteroatoms. The number of carbonyl (C=O) groups is 2. The van der Waals surface area contributed by atoms with Gasteiger partial charge in [-0.15, -0.1) is 0 Å². The number of ether oxygens (including phenoxy) is 1. The molecule has 0 unspecified atom stereocenters. The first-order valence-electron chi connectivity index (χ1n) is 9.00. The second kappa shape index (κ2) is 9.48. The molecular weight excluding hydrogens is 348 g/mol. The van der Waals surface area contributed by atoms with Gasteiger partial charge in [-0.05, 0) is 50.9 Å². The zero-order valence-corrected chi connectivity index (χ0v) is 16.6. The minimum Gasteiger partial charge on any atom is -0.408 e. The van der Waals surface area contributed by atoms with Crippen LogP contribution in [0.3, 0.4) is 0 Å². The molecule has 26 heavy (non-hydrogen) atoms. The van der Waals surface area contributed by atoms with E-state index in [2.05, 4.69) is 0 Å². The van der Waals surface area contributed by atoms with E-state index in [-0.39, 0.29) is 5.24 Å². The lowest BCUT2D eigenvalue weighted by Gasteiger charge is -2.21. The Labute approximate surface area is 159 Å². The minimum atomic E-state index is -0.400. The van der Waals surface area contributed by atoms with Crippen molar-refractivity contribution in [1.82, 2.24) is 9.80 Å². The third-order valence-electron chi connectivity index (χ3n) is 4.27. The van der Waals surface area contributed by atoms with Crippen LogP contribution in [-0.4, -0.2) is 47.3 Å². The Bertz CT molecular complexity index is 771. The average Bonchev–Trinajstić information content (AvgIpc) is 2.65. The van der Waals surface area contributed by atoms with Crippen LogP contribution in [0.1, 0.15) is 27.7 Å². The number of amides is 2. The average molecular weight is 375 g/mol. The summed E-state index contributed by atoms with van der Waals surface area (Å²) in [4.78, 5) is 29.0. The van der Waals surface area contributed by atoms with Gasteiger partial charge >= 0.3 is 6.09 Å². The van der Waals surface area contributed by atoms with Crippen molar-refractivity contribution >= 4 is 33.9 Å². The van der Waals surface area contributed by atoms with Gasteiger partial charge in [0.15, 0.2) is 5.75 Å². The predicted octanol–water partition coefficient (Wildman–Crippen LogP) is 5.23. The minimum absolute atomic E-state index is 0.0505. The monoisotopic (exact) mass is 374 g/mol. The lowest BCUT2D eigenvalue weighted by molar-refractivity contribution is 0.157. The van der Waals surface area contributed by atoms with Crippen LogP contribution in [0.25, 0.3) is 10.8 Å². The summed E-state index contributed by atoms with van der Waals surface area (Å²) in [6.45, 7) is 10.1. The quantitative estimate of drug-likeness (QED) is 0.649. The second-order valence-electron chi connectivity index (χ2n) is 5.69. The van der Waals surface area contributed by atoms with Gasteiger partial charge in [0.2, 0.25) is 0 Å². The van der Waals surface area contributed by atoms with Crippen LogP contribution >= 0.6 is 11.8 Å². The molecule has 0 aromatic heterocycles. The number of rotatable bonds is 6. The summed E-state index contributed by atoms with van der Waals surface area (Å²) >= 11 is 1.10. The Kier molecular flexibility index (Phi) is 7.33. The van der Waals surface area contributed by atoms with E-state index >= 15 is 0 Å². The van der Waals surface area contributed by atoms with Crippen LogP contribution in [0.5, 0.6) is 5.75 Å². The maximum absolute atomic E-state index is 12.5. The van der Waals surface area contributed by atoms with Crippen molar-refractivity contribution in [3.05, 3.63) is 36.4 Å². The third kappa shape index (κ3) is 4.49. The fourth-order valence-electron chi connectivity index (χ4n) is 2.68. The Morgan fingerprint density at radius 1 is 0.885 bits per heavy atom. The highest BCUT2D eigenvalue weighted by Crippen LogP contribution is 2.37. The highest BCUT2D eigenvalue weighted by Gasteiger charge is 2.20. The van der Waals surface area contributed by atoms with Crippen molar-refractivity contribution in [2.45, 2.75) is 32.6 Å². The number of thioether (sulfide) groups is 1. The van der Waals surface area contributed by atoms with E-state index in [1.54, 1.807) is 9.80 Å². The molecule has 0 N–H and O–H groups in total. The summed E-state index contributed by atoms with van der Waals surface area (Å²) in [5.74, 6) is 0.450. The SMILES string of the molecule is CCN(CC)C(=O)Oc1c(SC(=O)N(CC)CC)ccc2ccccc12. The van der Waals surface area contributed by atoms with Gasteiger partial charge in [0.05, 0.1) is 4.90 Å². The highest BCUT2D eigenvalue weighted by atomic mass is 32.2. The van der Waals surface area contributed by atoms with Crippen LogP contribution in [-0.2, 0) is 0 Å². The van der Waals surface area contributed by atoms with Crippen LogP contribution in [0.15, 0.2) is 41.3 Å². The van der Waals surface area contributed by atoms with Crippen molar-refractivity contribution in [2.75, 3.05) is 26.2 Å². The molecule has 0 heterocycles. The van der Waals surface area contributed by atoms with Crippen molar-refractivity contribution in [3.63, 3.8) is 0 Å². The molecule has 0 aliphatic carbocycles. The summed E-state index contributed by atoms with van der Waals surface area (Å²) < 4.78 is 5.75. The molecule has 0 atom stereocenters. The molecular formula is C20H26N2O3S. The number of nitrogens with zero attached hydrogens (tertiary/aromatic N) is 2. The van der Waals surface area contributed by atoms with Gasteiger partial charge in [0.25, 0.3) is 5.24 Å². The molecule has 0 bridgehead atoms. The van der Waals surface area contributed by atoms with Crippen LogP contribution in [0, 0.1) is 0 Å². The lowest BCUT2D eigenvalue weighted by atomic mass is 10.1. The van der Waals surface area contributed by atoms with Crippen LogP contribution in [0.2, 0.25) is 0 Å². The van der Waals surface area contributed by atoms with Crippen molar-refractivity contribution in [1.29, 1.82) is 0 Å². The van der Waals surface area contributed by atoms with Crippen molar-refractivity contribution in [3.8, 4) is 5.75 Å². The van der Waals surface area contributed by atoms with Gasteiger partial charge in [0, 0.05) is 31.6 Å². The molecule has 0 aliphatic rings. The molecule has 2 aromatic rings. The van der Waals surface area contributed by atoms with Gasteiger partial charge < -0.3 is 14.5 Å². The summed E-state index contributed by atoms with van der Waals surface area (Å²) in [7, 11) is 0. The van der Waals surface area contributed by atoms with E-state index in [4.69, 9.17) is 4.74 Å². The topological polar surface area (TPSA) is 49.9 Å². The van der Waals surface area contributed by atoms with Gasteiger partial charge in [0.1, 0.15) is 0 Å². The summed E-state index contributed by atoms with van der Waals surface area (Å²) in [5, 5.41) is 1.74. The number of benzene rings is 2. The molecule has 2 amide bonds. The highest BCUT2D eigenvalue weighted by molar-refractivity contribution is 8.13. The summed E-state index contributed by atoms with van der Waals surface area (Å²) in [6, 6.07) is 11.5. The first-order valence-corrected chi connectivity index (χ1v) is 9.82. The Morgan fingerprint density at radius 3 is 2.12 bits per heavy atom. The van der Waals surface area contributed by atoms with E-state index in [0.717, 1.165) is 22.5 Å². The molecule has 0 saturated heterocycles. The maximum atomic E-state index is 12.5. The summed E-state index contributed by atoms with van der Waals surface area (Å²) in [5.41, 5.74) is 0. The number of fused-ring (bicyclic) bond motifs is 1. The van der Waals surface area contributed by atoms with Gasteiger partial charge in [-0.1, -0.05) is 30.3 Å². The first-order chi connectivity index (χ1) is 12.5. The number of hydrogen-bond acceptors (Lipinski definition) is 4. The molecule has 140 valence electrons. The largest absolute Gasteiger partial charge is 0.415 e. The maximum Gasteiger partial charge on any atom is 0.415 e. The molecule has 2 rings (SSSR count). The number of carbonyl (C=O) groups excluding carboxylic acids is 2. The van der Waals surface area contributed by atoms with Gasteiger partial charge in [-0.25, -0.2) is 4.79 Å². The van der Waals surface area contributed by atoms with E-state index in [0.29, 0.717) is 36.8 Å². The standard InChI is InChI=1S/C20H26N2O3S/c1-5-21(6-2)19(23)25-18-16-12-10-9-11-15(16)13-14-17(18)26-20(24)22(7-3)8-4/h9-14H,5-8H2,1-4H3. The molecule has 0 saturated carbocycles. The zero-order chi connectivity index (χ0) is 19.1. The summed E-state index contributed by atoms with van der Waals surface area (Å²) in [6.07, 6.45) is -0.400. The Morgan fingerprint density at radius 2 is 1.50 bits per heavy atom. The van der Waals surface area contributed by atoms with Crippen LogP contribution < -0.4 is 4.74 Å². The fourth-order valence-corrected chi connectivity index (χ4v) is 3.64. The van der Waals surface area contributed by atoms with E-state index in [1.165, 1.54) is 0 Å². The normalized spacial score (nSPS) is 10.6. The zero-order valence-electron chi connectivity index (χ0n) is 15.8. The first kappa shape index (κ1) is 20.1. The van der Waals surface area contributed by atoms with E-state index in [1.807, 2.05) is 64.1 Å². The molecule has 2 aromatic carbocycles. The third-order valence-corrected chi connectivity index (χ3v) is 5.25. The van der Waals surface area contributed by atoms with Crippen LogP contribution in [0.4, 0.5) is 9.59 Å². The second-order valence-corrected chi connectivity index (χ2v) is 6.69. The van der Waals surface area contributed by atoms with E-state index < -0.39 is 6.09 Å². The molecule has 5 nitrogen and oxygen atoms in total. The van der Waals surface area contributed by atoms with Gasteiger partial charge in [-0.2, -0.15) is 0 Å². The van der Waals surface area contributed by atoms with Crippen molar-refractivity contribution < 1.29 is 14.3 Å². The fraction of sp³-hybridized carbons (Fsp3) is 0.400. The molecule has 0 radical (unpaired) electrons. The molecule has 0 fully saturated rings. The lowest BCUT2D eigenvalue weighted by Crippen LogP contribution is -2.33. The van der Waals surface area contributed by atoms with Gasteiger partial charge in [-0.3, -0.25) is 4.79 Å². The Hall–Kier alpha value is -2.21. The van der Waals surface area contributed by atoms with E-state index in [9.17, 15) is 9.59 Å². The predicted molar refractivity (Wildman–Crippen MR) is 107 cm³/mol. The Balaban J connectivity index is 2.43. The van der Waals surface area contributed by atoms with Crippen molar-refractivity contribution in [2.24, 2.45) is 0 Å². The molecule has 0 aliphatic heterocycles.